The Hall–Kier alpha value is -2.79. The summed E-state index contributed by atoms with van der Waals surface area (Å²) in [5.41, 5.74) is 5.96. The summed E-state index contributed by atoms with van der Waals surface area (Å²) >= 11 is 5.75. The van der Waals surface area contributed by atoms with Gasteiger partial charge in [0.05, 0.1) is 7.11 Å². The number of rotatable bonds is 6. The number of halogens is 1. The molecule has 2 N–H and O–H groups in total. The normalized spacial score (nSPS) is 10.3. The molecule has 0 atom stereocenters. The van der Waals surface area contributed by atoms with Crippen LogP contribution in [-0.4, -0.2) is 18.8 Å². The van der Waals surface area contributed by atoms with Crippen LogP contribution in [0, 0.1) is 0 Å². The summed E-state index contributed by atoms with van der Waals surface area (Å²) in [5, 5.41) is 0.554. The molecular weight excluding hydrogens is 316 g/mol. The van der Waals surface area contributed by atoms with Gasteiger partial charge in [-0.15, -0.1) is 0 Å². The summed E-state index contributed by atoms with van der Waals surface area (Å²) in [4.78, 5) is 23.8. The van der Waals surface area contributed by atoms with Crippen LogP contribution in [0.3, 0.4) is 0 Å². The lowest BCUT2D eigenvalue weighted by atomic mass is 10.1. The molecule has 0 heterocycles. The van der Waals surface area contributed by atoms with Crippen LogP contribution < -0.4 is 15.6 Å². The molecule has 0 aliphatic rings. The lowest BCUT2D eigenvalue weighted by Gasteiger charge is -2.04. The molecule has 0 unspecified atom stereocenters. The Morgan fingerprint density at radius 1 is 1.09 bits per heavy atom. The largest absolute Gasteiger partial charge is 0.497 e. The minimum Gasteiger partial charge on any atom is -0.497 e. The number of hydrazine groups is 1. The van der Waals surface area contributed by atoms with Gasteiger partial charge in [-0.25, -0.2) is 0 Å². The van der Waals surface area contributed by atoms with E-state index >= 15 is 0 Å². The van der Waals surface area contributed by atoms with E-state index in [1.165, 1.54) is 19.4 Å². The molecule has 0 aliphatic heterocycles. The minimum absolute atomic E-state index is 0.211. The maximum Gasteiger partial charge on any atom is 0.269 e. The summed E-state index contributed by atoms with van der Waals surface area (Å²) in [5.74, 6) is 0.0607. The third-order valence-corrected chi connectivity index (χ3v) is 3.22. The first kappa shape index (κ1) is 16.6. The molecule has 118 valence electrons. The van der Waals surface area contributed by atoms with Crippen molar-refractivity contribution in [1.82, 2.24) is 10.9 Å². The van der Waals surface area contributed by atoms with Gasteiger partial charge < -0.3 is 10.2 Å². The third-order valence-electron chi connectivity index (χ3n) is 2.96. The second-order valence-corrected chi connectivity index (χ2v) is 4.97. The molecule has 0 spiro atoms. The van der Waals surface area contributed by atoms with E-state index in [0.717, 1.165) is 0 Å². The molecule has 2 rings (SSSR count). The highest BCUT2D eigenvalue weighted by Crippen LogP contribution is 2.13. The molecule has 0 radical (unpaired) electrons. The van der Waals surface area contributed by atoms with Crippen molar-refractivity contribution in [3.63, 3.8) is 0 Å². The molecule has 1 amide bonds. The lowest BCUT2D eigenvalue weighted by molar-refractivity contribution is 0.0939. The number of hydrogen-bond donors (Lipinski definition) is 2. The van der Waals surface area contributed by atoms with E-state index in [0.29, 0.717) is 21.9 Å². The lowest BCUT2D eigenvalue weighted by Crippen LogP contribution is -2.33. The molecule has 0 aliphatic carbocycles. The van der Waals surface area contributed by atoms with Crippen LogP contribution in [0.4, 0.5) is 0 Å². The Kier molecular flexibility index (Phi) is 5.77. The second-order valence-electron chi connectivity index (χ2n) is 4.53. The zero-order chi connectivity index (χ0) is 16.7. The zero-order valence-electron chi connectivity index (χ0n) is 12.4. The Labute approximate surface area is 138 Å². The third kappa shape index (κ3) is 4.86. The van der Waals surface area contributed by atoms with Crippen LogP contribution in [0.25, 0.3) is 0 Å². The summed E-state index contributed by atoms with van der Waals surface area (Å²) < 4.78 is 5.06. The van der Waals surface area contributed by atoms with Crippen molar-refractivity contribution in [1.29, 1.82) is 0 Å². The smallest absolute Gasteiger partial charge is 0.269 e. The second kappa shape index (κ2) is 8.00. The number of carbonyl (C=O) groups excluding carboxylic acids is 2. The first-order chi connectivity index (χ1) is 11.1. The number of hydrogen-bond acceptors (Lipinski definition) is 4. The van der Waals surface area contributed by atoms with E-state index in [1.54, 1.807) is 48.5 Å². The van der Waals surface area contributed by atoms with E-state index in [1.807, 2.05) is 0 Å². The van der Waals surface area contributed by atoms with Gasteiger partial charge in [0.15, 0.2) is 5.78 Å². The maximum absolute atomic E-state index is 12.0. The molecule has 0 saturated heterocycles. The van der Waals surface area contributed by atoms with Crippen molar-refractivity contribution in [2.75, 3.05) is 7.11 Å². The van der Waals surface area contributed by atoms with Crippen LogP contribution in [0.5, 0.6) is 5.75 Å². The van der Waals surface area contributed by atoms with Gasteiger partial charge in [-0.05, 0) is 36.4 Å². The van der Waals surface area contributed by atoms with Crippen LogP contribution in [-0.2, 0) is 0 Å². The highest BCUT2D eigenvalue weighted by molar-refractivity contribution is 6.30. The first-order valence-corrected chi connectivity index (χ1v) is 7.14. The van der Waals surface area contributed by atoms with E-state index in [9.17, 15) is 9.59 Å². The van der Waals surface area contributed by atoms with Gasteiger partial charge in [-0.2, -0.15) is 0 Å². The van der Waals surface area contributed by atoms with Gasteiger partial charge in [0.2, 0.25) is 0 Å². The monoisotopic (exact) mass is 330 g/mol. The van der Waals surface area contributed by atoms with E-state index in [-0.39, 0.29) is 11.7 Å². The molecule has 2 aromatic rings. The van der Waals surface area contributed by atoms with Gasteiger partial charge in [-0.3, -0.25) is 15.0 Å². The van der Waals surface area contributed by atoms with Crippen molar-refractivity contribution >= 4 is 23.3 Å². The Bertz CT molecular complexity index is 727. The van der Waals surface area contributed by atoms with Crippen molar-refractivity contribution in [2.24, 2.45) is 0 Å². The number of carbonyl (C=O) groups is 2. The number of benzene rings is 2. The molecule has 0 aromatic heterocycles. The highest BCUT2D eigenvalue weighted by Gasteiger charge is 2.04. The molecule has 23 heavy (non-hydrogen) atoms. The van der Waals surface area contributed by atoms with Crippen molar-refractivity contribution < 1.29 is 14.3 Å². The summed E-state index contributed by atoms with van der Waals surface area (Å²) in [6.07, 6.45) is 2.67. The predicted molar refractivity (Wildman–Crippen MR) is 88.5 cm³/mol. The summed E-state index contributed by atoms with van der Waals surface area (Å²) in [6.45, 7) is 0. The van der Waals surface area contributed by atoms with E-state index in [2.05, 4.69) is 10.9 Å². The molecule has 0 saturated carbocycles. The molecule has 2 aromatic carbocycles. The standard InChI is InChI=1S/C17H15ClN2O3/c1-23-15-4-2-3-13(11-15)16(21)9-10-19-20-17(22)12-5-7-14(18)8-6-12/h2-11,19H,1H3,(H,20,22)/b10-9+. The van der Waals surface area contributed by atoms with Crippen molar-refractivity contribution in [2.45, 2.75) is 0 Å². The van der Waals surface area contributed by atoms with Gasteiger partial charge in [0, 0.05) is 28.4 Å². The number of allylic oxidation sites excluding steroid dienone is 1. The Balaban J connectivity index is 1.87. The fourth-order valence-electron chi connectivity index (χ4n) is 1.77. The summed E-state index contributed by atoms with van der Waals surface area (Å²) in [6, 6.07) is 13.3. The van der Waals surface area contributed by atoms with E-state index in [4.69, 9.17) is 16.3 Å². The maximum atomic E-state index is 12.0. The number of ether oxygens (including phenoxy) is 1. The number of ketones is 1. The topological polar surface area (TPSA) is 67.4 Å². The Morgan fingerprint density at radius 3 is 2.52 bits per heavy atom. The van der Waals surface area contributed by atoms with Gasteiger partial charge in [0.25, 0.3) is 5.91 Å². The van der Waals surface area contributed by atoms with Crippen LogP contribution in [0.2, 0.25) is 5.02 Å². The molecular formula is C17H15ClN2O3. The SMILES string of the molecule is COc1cccc(C(=O)/C=C/NNC(=O)c2ccc(Cl)cc2)c1. The van der Waals surface area contributed by atoms with Gasteiger partial charge in [0.1, 0.15) is 5.75 Å². The predicted octanol–water partition coefficient (Wildman–Crippen LogP) is 2.98. The molecule has 5 nitrogen and oxygen atoms in total. The van der Waals surface area contributed by atoms with Crippen molar-refractivity contribution in [3.05, 3.63) is 77.0 Å². The molecule has 0 fully saturated rings. The van der Waals surface area contributed by atoms with Gasteiger partial charge in [-0.1, -0.05) is 23.7 Å². The van der Waals surface area contributed by atoms with Crippen LogP contribution in [0.1, 0.15) is 20.7 Å². The highest BCUT2D eigenvalue weighted by atomic mass is 35.5. The average Bonchev–Trinajstić information content (AvgIpc) is 2.59. The minimum atomic E-state index is -0.333. The van der Waals surface area contributed by atoms with Crippen LogP contribution >= 0.6 is 11.6 Å². The van der Waals surface area contributed by atoms with Gasteiger partial charge >= 0.3 is 0 Å². The number of nitrogens with one attached hydrogen (secondary N) is 2. The first-order valence-electron chi connectivity index (χ1n) is 6.76. The van der Waals surface area contributed by atoms with Crippen molar-refractivity contribution in [3.8, 4) is 5.75 Å². The average molecular weight is 331 g/mol. The number of amides is 1. The number of methoxy groups -OCH3 is 1. The molecule has 6 heteroatoms. The van der Waals surface area contributed by atoms with E-state index < -0.39 is 0 Å². The molecule has 0 bridgehead atoms. The fraction of sp³-hybridized carbons (Fsp3) is 0.0588. The fourth-order valence-corrected chi connectivity index (χ4v) is 1.90. The van der Waals surface area contributed by atoms with Crippen LogP contribution in [0.15, 0.2) is 60.8 Å². The quantitative estimate of drug-likeness (QED) is 0.485. The zero-order valence-corrected chi connectivity index (χ0v) is 13.1. The summed E-state index contributed by atoms with van der Waals surface area (Å²) in [7, 11) is 1.53. The Morgan fingerprint density at radius 2 is 1.83 bits per heavy atom.